The van der Waals surface area contributed by atoms with Gasteiger partial charge in [-0.2, -0.15) is 0 Å². The highest BCUT2D eigenvalue weighted by atomic mass is 14.9. The van der Waals surface area contributed by atoms with Crippen LogP contribution in [0.4, 0.5) is 0 Å². The van der Waals surface area contributed by atoms with Gasteiger partial charge in [0.05, 0.1) is 0 Å². The zero-order valence-corrected chi connectivity index (χ0v) is 13.2. The Kier molecular flexibility index (Phi) is 2.88. The third-order valence-corrected chi connectivity index (χ3v) is 4.46. The Hall–Kier alpha value is -3.14. The Morgan fingerprint density at radius 1 is 0.500 bits per heavy atom. The summed E-state index contributed by atoms with van der Waals surface area (Å²) in [5.41, 5.74) is 6.94. The van der Waals surface area contributed by atoms with Gasteiger partial charge in [-0.05, 0) is 73.5 Å². The Morgan fingerprint density at radius 3 is 1.46 bits per heavy atom. The first-order chi connectivity index (χ1) is 11.8. The fourth-order valence-corrected chi connectivity index (χ4v) is 3.32. The molecule has 4 heteroatoms. The van der Waals surface area contributed by atoms with Crippen LogP contribution in [0.3, 0.4) is 0 Å². The Bertz CT molecular complexity index is 1000. The van der Waals surface area contributed by atoms with Crippen LogP contribution in [-0.2, 0) is 0 Å². The molecule has 0 atom stereocenters. The number of hydrogen-bond acceptors (Lipinski definition) is 1. The SMILES string of the molecule is C1=C2CCC(=Cc3ccc([nH]3)C=c3ccc([nH]3)=Cc3ccc1[nH]3)N2. The third-order valence-electron chi connectivity index (χ3n) is 4.46. The van der Waals surface area contributed by atoms with E-state index in [-0.39, 0.29) is 0 Å². The molecule has 0 spiro atoms. The maximum atomic E-state index is 3.53. The first kappa shape index (κ1) is 13.3. The van der Waals surface area contributed by atoms with Gasteiger partial charge in [0.25, 0.3) is 0 Å². The van der Waals surface area contributed by atoms with Crippen LogP contribution in [0.1, 0.15) is 35.6 Å². The number of nitrogens with one attached hydrogen (secondary N) is 4. The summed E-state index contributed by atoms with van der Waals surface area (Å²) in [5.74, 6) is 0. The molecule has 5 heterocycles. The molecule has 3 aromatic rings. The van der Waals surface area contributed by atoms with Crippen LogP contribution >= 0.6 is 0 Å². The van der Waals surface area contributed by atoms with Gasteiger partial charge >= 0.3 is 0 Å². The first-order valence-electron chi connectivity index (χ1n) is 8.25. The lowest BCUT2D eigenvalue weighted by Crippen LogP contribution is -2.09. The quantitative estimate of drug-likeness (QED) is 0.506. The molecule has 8 bridgehead atoms. The fourth-order valence-electron chi connectivity index (χ4n) is 3.32. The second-order valence-electron chi connectivity index (χ2n) is 6.36. The van der Waals surface area contributed by atoms with Crippen molar-refractivity contribution < 1.29 is 0 Å². The van der Waals surface area contributed by atoms with Crippen molar-refractivity contribution in [2.45, 2.75) is 12.8 Å². The predicted molar refractivity (Wildman–Crippen MR) is 97.1 cm³/mol. The lowest BCUT2D eigenvalue weighted by atomic mass is 10.2. The van der Waals surface area contributed by atoms with Crippen LogP contribution in [0.25, 0.3) is 24.3 Å². The zero-order valence-electron chi connectivity index (χ0n) is 13.2. The summed E-state index contributed by atoms with van der Waals surface area (Å²) in [4.78, 5) is 10.3. The minimum absolute atomic E-state index is 1.04. The van der Waals surface area contributed by atoms with Crippen molar-refractivity contribution in [3.63, 3.8) is 0 Å². The zero-order chi connectivity index (χ0) is 15.9. The van der Waals surface area contributed by atoms with E-state index in [0.29, 0.717) is 0 Å². The Morgan fingerprint density at radius 2 is 0.958 bits per heavy atom. The number of aromatic nitrogens is 3. The molecule has 118 valence electrons. The summed E-state index contributed by atoms with van der Waals surface area (Å²) in [6.45, 7) is 0. The van der Waals surface area contributed by atoms with Crippen molar-refractivity contribution in [1.29, 1.82) is 0 Å². The van der Waals surface area contributed by atoms with E-state index in [9.17, 15) is 0 Å². The molecule has 3 aromatic heterocycles. The van der Waals surface area contributed by atoms with Crippen molar-refractivity contribution in [2.75, 3.05) is 0 Å². The van der Waals surface area contributed by atoms with Crippen LogP contribution in [0.15, 0.2) is 47.8 Å². The van der Waals surface area contributed by atoms with Gasteiger partial charge < -0.3 is 20.3 Å². The minimum atomic E-state index is 1.04. The molecule has 0 unspecified atom stereocenters. The standard InChI is InChI=1S/C20H18N4/c1-2-14-10-16-5-6-18(23-16)12-20-8-7-19(24-20)11-17-4-3-15(22-17)9-13(1)21-14/h1-6,9-12,21-24H,7-8H2. The normalized spacial score (nSPS) is 15.8. The van der Waals surface area contributed by atoms with Gasteiger partial charge in [-0.3, -0.25) is 0 Å². The van der Waals surface area contributed by atoms with Crippen molar-refractivity contribution in [1.82, 2.24) is 20.3 Å². The second-order valence-corrected chi connectivity index (χ2v) is 6.36. The van der Waals surface area contributed by atoms with Gasteiger partial charge in [-0.25, -0.2) is 0 Å². The van der Waals surface area contributed by atoms with Crippen LogP contribution in [-0.4, -0.2) is 15.0 Å². The molecule has 4 nitrogen and oxygen atoms in total. The van der Waals surface area contributed by atoms with Gasteiger partial charge in [-0.15, -0.1) is 0 Å². The number of hydrogen-bond donors (Lipinski definition) is 4. The van der Waals surface area contributed by atoms with E-state index in [1.807, 2.05) is 0 Å². The van der Waals surface area contributed by atoms with Gasteiger partial charge in [-0.1, -0.05) is 0 Å². The minimum Gasteiger partial charge on any atom is -0.362 e. The molecule has 0 aliphatic carbocycles. The molecule has 0 saturated carbocycles. The highest BCUT2D eigenvalue weighted by Gasteiger charge is 2.12. The monoisotopic (exact) mass is 314 g/mol. The highest BCUT2D eigenvalue weighted by Crippen LogP contribution is 2.23. The van der Waals surface area contributed by atoms with Crippen LogP contribution in [0.5, 0.6) is 0 Å². The number of rotatable bonds is 0. The Balaban J connectivity index is 1.70. The van der Waals surface area contributed by atoms with Gasteiger partial charge in [0.2, 0.25) is 0 Å². The predicted octanol–water partition coefficient (Wildman–Crippen LogP) is 2.41. The molecule has 24 heavy (non-hydrogen) atoms. The Labute approximate surface area is 139 Å². The molecular weight excluding hydrogens is 296 g/mol. The molecule has 0 amide bonds. The van der Waals surface area contributed by atoms with Crippen molar-refractivity contribution >= 4 is 24.3 Å². The molecule has 5 rings (SSSR count). The maximum Gasteiger partial charge on any atom is 0.0405 e. The fraction of sp³-hybridized carbons (Fsp3) is 0.100. The average Bonchev–Trinajstić information content (AvgIpc) is 3.32. The van der Waals surface area contributed by atoms with Crippen LogP contribution in [0.2, 0.25) is 0 Å². The van der Waals surface area contributed by atoms with Gasteiger partial charge in [0.1, 0.15) is 0 Å². The molecule has 1 saturated heterocycles. The molecule has 4 N–H and O–H groups in total. The highest BCUT2D eigenvalue weighted by molar-refractivity contribution is 5.59. The number of fused-ring (bicyclic) bond motifs is 8. The average molecular weight is 314 g/mol. The van der Waals surface area contributed by atoms with Gasteiger partial charge in [0.15, 0.2) is 0 Å². The number of H-pyrrole nitrogens is 3. The number of aromatic amines is 3. The van der Waals surface area contributed by atoms with Crippen molar-refractivity contribution in [3.8, 4) is 0 Å². The van der Waals surface area contributed by atoms with E-state index in [0.717, 1.165) is 46.3 Å². The topological polar surface area (TPSA) is 59.4 Å². The van der Waals surface area contributed by atoms with Crippen molar-refractivity contribution in [2.24, 2.45) is 0 Å². The lowest BCUT2D eigenvalue weighted by molar-refractivity contribution is 1.06. The summed E-state index contributed by atoms with van der Waals surface area (Å²) in [6.07, 6.45) is 10.7. The van der Waals surface area contributed by atoms with Gasteiger partial charge in [0, 0.05) is 44.9 Å². The van der Waals surface area contributed by atoms with E-state index in [1.165, 1.54) is 11.4 Å². The third kappa shape index (κ3) is 2.52. The summed E-state index contributed by atoms with van der Waals surface area (Å²) < 4.78 is 0. The molecular formula is C20H18N4. The van der Waals surface area contributed by atoms with E-state index >= 15 is 0 Å². The largest absolute Gasteiger partial charge is 0.362 e. The lowest BCUT2D eigenvalue weighted by Gasteiger charge is -2.00. The molecule has 2 aliphatic heterocycles. The smallest absolute Gasteiger partial charge is 0.0405 e. The van der Waals surface area contributed by atoms with Crippen molar-refractivity contribution in [3.05, 3.63) is 81.3 Å². The molecule has 2 aliphatic rings. The molecule has 0 radical (unpaired) electrons. The van der Waals surface area contributed by atoms with E-state index < -0.39 is 0 Å². The van der Waals surface area contributed by atoms with E-state index in [2.05, 4.69) is 81.0 Å². The summed E-state index contributed by atoms with van der Waals surface area (Å²) >= 11 is 0. The molecule has 1 fully saturated rings. The van der Waals surface area contributed by atoms with Crippen LogP contribution in [0, 0.1) is 0 Å². The van der Waals surface area contributed by atoms with E-state index in [4.69, 9.17) is 0 Å². The summed E-state index contributed by atoms with van der Waals surface area (Å²) in [7, 11) is 0. The number of allylic oxidation sites excluding steroid dienone is 2. The van der Waals surface area contributed by atoms with E-state index in [1.54, 1.807) is 0 Å². The van der Waals surface area contributed by atoms with Crippen LogP contribution < -0.4 is 16.0 Å². The molecule has 0 aromatic carbocycles. The second kappa shape index (κ2) is 5.20. The first-order valence-corrected chi connectivity index (χ1v) is 8.25. The summed E-state index contributed by atoms with van der Waals surface area (Å²) in [6, 6.07) is 12.6. The maximum absolute atomic E-state index is 3.53. The summed E-state index contributed by atoms with van der Waals surface area (Å²) in [5, 5.41) is 5.70.